The number of anilines is 1. The minimum atomic E-state index is 0.649. The fourth-order valence-electron chi connectivity index (χ4n) is 1.60. The highest BCUT2D eigenvalue weighted by Crippen LogP contribution is 2.22. The third kappa shape index (κ3) is 1.11. The molecule has 2 rings (SSSR count). The van der Waals surface area contributed by atoms with Crippen molar-refractivity contribution in [3.05, 3.63) is 24.0 Å². The second-order valence-electron chi connectivity index (χ2n) is 3.09. The van der Waals surface area contributed by atoms with E-state index in [1.807, 2.05) is 16.5 Å². The Labute approximate surface area is 82.3 Å². The summed E-state index contributed by atoms with van der Waals surface area (Å²) >= 11 is 0. The van der Waals surface area contributed by atoms with Crippen LogP contribution in [0.5, 0.6) is 5.75 Å². The van der Waals surface area contributed by atoms with Crippen LogP contribution in [0.2, 0.25) is 0 Å². The molecule has 0 unspecified atom stereocenters. The topological polar surface area (TPSA) is 52.5 Å². The molecule has 4 nitrogen and oxygen atoms in total. The number of aromatic nitrogens is 2. The number of aryl methyl sites for hydroxylation is 1. The summed E-state index contributed by atoms with van der Waals surface area (Å²) in [6.45, 7) is 2.08. The zero-order valence-electron chi connectivity index (χ0n) is 8.32. The first-order valence-electron chi connectivity index (χ1n) is 4.56. The second-order valence-corrected chi connectivity index (χ2v) is 3.09. The maximum atomic E-state index is 5.82. The van der Waals surface area contributed by atoms with Gasteiger partial charge >= 0.3 is 0 Å². The molecular weight excluding hydrogens is 178 g/mol. The first-order chi connectivity index (χ1) is 6.77. The van der Waals surface area contributed by atoms with Crippen LogP contribution >= 0.6 is 0 Å². The Morgan fingerprint density at radius 1 is 1.50 bits per heavy atom. The van der Waals surface area contributed by atoms with Gasteiger partial charge in [-0.1, -0.05) is 6.92 Å². The van der Waals surface area contributed by atoms with E-state index in [0.717, 1.165) is 23.5 Å². The van der Waals surface area contributed by atoms with Crippen LogP contribution in [0.3, 0.4) is 0 Å². The van der Waals surface area contributed by atoms with Gasteiger partial charge in [-0.15, -0.1) is 0 Å². The van der Waals surface area contributed by atoms with Crippen molar-refractivity contribution in [2.24, 2.45) is 0 Å². The number of pyridine rings is 1. The lowest BCUT2D eigenvalue weighted by molar-refractivity contribution is 0.416. The van der Waals surface area contributed by atoms with Crippen LogP contribution in [0, 0.1) is 0 Å². The molecule has 74 valence electrons. The summed E-state index contributed by atoms with van der Waals surface area (Å²) < 4.78 is 7.12. The van der Waals surface area contributed by atoms with Crippen LogP contribution in [0.4, 0.5) is 5.82 Å². The normalized spacial score (nSPS) is 10.7. The number of imidazole rings is 1. The standard InChI is InChI=1S/C10H13N3O/c1-3-7-4-5-8(14-2)10-12-6-9(11)13(7)10/h4-6H,3,11H2,1-2H3. The maximum absolute atomic E-state index is 5.82. The Hall–Kier alpha value is -1.71. The summed E-state index contributed by atoms with van der Waals surface area (Å²) in [5.74, 6) is 1.40. The molecule has 0 fully saturated rings. The molecule has 2 aromatic heterocycles. The molecule has 2 aromatic rings. The van der Waals surface area contributed by atoms with Crippen LogP contribution in [0.1, 0.15) is 12.6 Å². The van der Waals surface area contributed by atoms with Crippen molar-refractivity contribution < 1.29 is 4.74 Å². The zero-order chi connectivity index (χ0) is 10.1. The monoisotopic (exact) mass is 191 g/mol. The molecule has 0 aliphatic heterocycles. The summed E-state index contributed by atoms with van der Waals surface area (Å²) in [5.41, 5.74) is 7.74. The third-order valence-corrected chi connectivity index (χ3v) is 2.31. The van der Waals surface area contributed by atoms with E-state index >= 15 is 0 Å². The highest BCUT2D eigenvalue weighted by molar-refractivity contribution is 5.59. The molecule has 0 aromatic carbocycles. The van der Waals surface area contributed by atoms with Crippen molar-refractivity contribution in [1.29, 1.82) is 0 Å². The summed E-state index contributed by atoms with van der Waals surface area (Å²) in [4.78, 5) is 4.21. The van der Waals surface area contributed by atoms with Crippen LogP contribution < -0.4 is 10.5 Å². The lowest BCUT2D eigenvalue weighted by Crippen LogP contribution is -2.00. The second kappa shape index (κ2) is 3.21. The molecule has 0 aliphatic rings. The van der Waals surface area contributed by atoms with Gasteiger partial charge in [-0.05, 0) is 18.6 Å². The van der Waals surface area contributed by atoms with Gasteiger partial charge in [0.1, 0.15) is 5.82 Å². The highest BCUT2D eigenvalue weighted by atomic mass is 16.5. The largest absolute Gasteiger partial charge is 0.493 e. The number of nitrogens with zero attached hydrogens (tertiary/aromatic N) is 2. The van der Waals surface area contributed by atoms with Crippen LogP contribution in [-0.2, 0) is 6.42 Å². The van der Waals surface area contributed by atoms with Gasteiger partial charge in [0.25, 0.3) is 0 Å². The van der Waals surface area contributed by atoms with Gasteiger partial charge in [-0.2, -0.15) is 0 Å². The van der Waals surface area contributed by atoms with Gasteiger partial charge < -0.3 is 10.5 Å². The number of ether oxygens (including phenoxy) is 1. The lowest BCUT2D eigenvalue weighted by atomic mass is 10.3. The number of fused-ring (bicyclic) bond motifs is 1. The molecule has 14 heavy (non-hydrogen) atoms. The van der Waals surface area contributed by atoms with Gasteiger partial charge in [0.2, 0.25) is 0 Å². The Balaban J connectivity index is 2.81. The molecule has 0 saturated carbocycles. The van der Waals surface area contributed by atoms with Gasteiger partial charge in [-0.25, -0.2) is 4.98 Å². The van der Waals surface area contributed by atoms with Gasteiger partial charge in [-0.3, -0.25) is 4.40 Å². The Kier molecular flexibility index (Phi) is 2.04. The molecule has 0 amide bonds. The smallest absolute Gasteiger partial charge is 0.181 e. The summed E-state index contributed by atoms with van der Waals surface area (Å²) in [6.07, 6.45) is 2.57. The number of methoxy groups -OCH3 is 1. The number of nitrogen functional groups attached to an aromatic ring is 1. The minimum absolute atomic E-state index is 0.649. The van der Waals surface area contributed by atoms with E-state index in [1.165, 1.54) is 0 Å². The first kappa shape index (κ1) is 8.87. The maximum Gasteiger partial charge on any atom is 0.181 e. The quantitative estimate of drug-likeness (QED) is 0.782. The fourth-order valence-corrected chi connectivity index (χ4v) is 1.60. The van der Waals surface area contributed by atoms with E-state index < -0.39 is 0 Å². The summed E-state index contributed by atoms with van der Waals surface area (Å²) in [6, 6.07) is 3.92. The molecule has 0 atom stereocenters. The zero-order valence-corrected chi connectivity index (χ0v) is 8.32. The van der Waals surface area contributed by atoms with Gasteiger partial charge in [0.15, 0.2) is 11.4 Å². The van der Waals surface area contributed by atoms with Crippen LogP contribution in [-0.4, -0.2) is 16.5 Å². The number of hydrogen-bond donors (Lipinski definition) is 1. The molecule has 0 bridgehead atoms. The average molecular weight is 191 g/mol. The van der Waals surface area contributed by atoms with Crippen molar-refractivity contribution in [2.75, 3.05) is 12.8 Å². The molecule has 2 N–H and O–H groups in total. The van der Waals surface area contributed by atoms with Gasteiger partial charge in [0, 0.05) is 5.69 Å². The average Bonchev–Trinajstić information content (AvgIpc) is 2.60. The number of rotatable bonds is 2. The Morgan fingerprint density at radius 2 is 2.29 bits per heavy atom. The van der Waals surface area contributed by atoms with E-state index in [4.69, 9.17) is 10.5 Å². The first-order valence-corrected chi connectivity index (χ1v) is 4.56. The van der Waals surface area contributed by atoms with E-state index in [2.05, 4.69) is 11.9 Å². The summed E-state index contributed by atoms with van der Waals surface area (Å²) in [5, 5.41) is 0. The van der Waals surface area contributed by atoms with Crippen molar-refractivity contribution in [1.82, 2.24) is 9.38 Å². The lowest BCUT2D eigenvalue weighted by Gasteiger charge is -2.07. The van der Waals surface area contributed by atoms with Crippen molar-refractivity contribution in [2.45, 2.75) is 13.3 Å². The molecule has 0 aliphatic carbocycles. The third-order valence-electron chi connectivity index (χ3n) is 2.31. The molecule has 0 saturated heterocycles. The van der Waals surface area contributed by atoms with E-state index in [1.54, 1.807) is 13.3 Å². The highest BCUT2D eigenvalue weighted by Gasteiger charge is 2.08. The molecule has 4 heteroatoms. The van der Waals surface area contributed by atoms with E-state index in [9.17, 15) is 0 Å². The Morgan fingerprint density at radius 3 is 2.93 bits per heavy atom. The fraction of sp³-hybridized carbons (Fsp3) is 0.300. The van der Waals surface area contributed by atoms with E-state index in [0.29, 0.717) is 5.82 Å². The predicted molar refractivity (Wildman–Crippen MR) is 55.5 cm³/mol. The minimum Gasteiger partial charge on any atom is -0.493 e. The van der Waals surface area contributed by atoms with Gasteiger partial charge in [0.05, 0.1) is 13.3 Å². The van der Waals surface area contributed by atoms with Crippen LogP contribution in [0.15, 0.2) is 18.3 Å². The predicted octanol–water partition coefficient (Wildman–Crippen LogP) is 1.49. The molecule has 2 heterocycles. The SMILES string of the molecule is CCc1ccc(OC)c2ncc(N)n12. The van der Waals surface area contributed by atoms with Crippen molar-refractivity contribution in [3.63, 3.8) is 0 Å². The number of hydrogen-bond acceptors (Lipinski definition) is 3. The molecular formula is C10H13N3O. The molecule has 0 radical (unpaired) electrons. The van der Waals surface area contributed by atoms with Crippen LogP contribution in [0.25, 0.3) is 5.65 Å². The molecule has 0 spiro atoms. The van der Waals surface area contributed by atoms with Crippen molar-refractivity contribution in [3.8, 4) is 5.75 Å². The number of nitrogens with two attached hydrogens (primary N) is 1. The van der Waals surface area contributed by atoms with E-state index in [-0.39, 0.29) is 0 Å². The van der Waals surface area contributed by atoms with Crippen molar-refractivity contribution >= 4 is 11.5 Å². The Bertz CT molecular complexity index is 462. The summed E-state index contributed by atoms with van der Waals surface area (Å²) in [7, 11) is 1.63.